The monoisotopic (exact) mass is 333 g/mol. The minimum absolute atomic E-state index is 0.0809. The summed E-state index contributed by atoms with van der Waals surface area (Å²) in [6, 6.07) is 11.5. The standard InChI is InChI=1S/C16H16FN3O2S/c1-21-14-6-5-11(9-19-20-16(18)23)8-15(14)22-10-12-3-2-4-13(17)7-12/h2-9H,10H2,1H3,(H3,18,20,23). The Balaban J connectivity index is 2.12. The molecule has 0 atom stereocenters. The zero-order chi connectivity index (χ0) is 16.7. The van der Waals surface area contributed by atoms with Crippen molar-refractivity contribution in [2.45, 2.75) is 6.61 Å². The van der Waals surface area contributed by atoms with Gasteiger partial charge in [-0.05, 0) is 53.7 Å². The quantitative estimate of drug-likeness (QED) is 0.483. The third kappa shape index (κ3) is 5.23. The number of hydrogen-bond donors (Lipinski definition) is 2. The molecular weight excluding hydrogens is 317 g/mol. The van der Waals surface area contributed by atoms with Crippen LogP contribution in [0.1, 0.15) is 11.1 Å². The summed E-state index contributed by atoms with van der Waals surface area (Å²) >= 11 is 4.66. The third-order valence-electron chi connectivity index (χ3n) is 2.86. The lowest BCUT2D eigenvalue weighted by Crippen LogP contribution is -2.23. The van der Waals surface area contributed by atoms with Crippen LogP contribution < -0.4 is 20.6 Å². The van der Waals surface area contributed by atoms with Crippen LogP contribution in [0.15, 0.2) is 47.6 Å². The first kappa shape index (κ1) is 16.7. The van der Waals surface area contributed by atoms with Crippen molar-refractivity contribution in [1.82, 2.24) is 5.43 Å². The highest BCUT2D eigenvalue weighted by Crippen LogP contribution is 2.28. The number of nitrogens with two attached hydrogens (primary N) is 1. The van der Waals surface area contributed by atoms with E-state index in [1.165, 1.54) is 12.1 Å². The van der Waals surface area contributed by atoms with E-state index in [-0.39, 0.29) is 17.5 Å². The van der Waals surface area contributed by atoms with Crippen LogP contribution in [-0.2, 0) is 6.61 Å². The van der Waals surface area contributed by atoms with Crippen molar-refractivity contribution >= 4 is 23.5 Å². The van der Waals surface area contributed by atoms with Gasteiger partial charge in [-0.25, -0.2) is 4.39 Å². The van der Waals surface area contributed by atoms with E-state index in [0.717, 1.165) is 11.1 Å². The summed E-state index contributed by atoms with van der Waals surface area (Å²) in [6.45, 7) is 0.222. The van der Waals surface area contributed by atoms with Crippen LogP contribution in [-0.4, -0.2) is 18.4 Å². The van der Waals surface area contributed by atoms with E-state index in [2.05, 4.69) is 22.7 Å². The number of hydrogen-bond acceptors (Lipinski definition) is 4. The van der Waals surface area contributed by atoms with Gasteiger partial charge in [-0.2, -0.15) is 5.10 Å². The summed E-state index contributed by atoms with van der Waals surface area (Å²) < 4.78 is 24.1. The Hall–Kier alpha value is -2.67. The second-order valence-electron chi connectivity index (χ2n) is 4.56. The third-order valence-corrected chi connectivity index (χ3v) is 2.95. The van der Waals surface area contributed by atoms with Gasteiger partial charge in [0, 0.05) is 0 Å². The summed E-state index contributed by atoms with van der Waals surface area (Å²) in [5, 5.41) is 3.96. The van der Waals surface area contributed by atoms with Crippen molar-refractivity contribution in [2.24, 2.45) is 10.8 Å². The summed E-state index contributed by atoms with van der Waals surface area (Å²) in [6.07, 6.45) is 1.55. The number of nitrogens with one attached hydrogen (secondary N) is 1. The fourth-order valence-corrected chi connectivity index (χ4v) is 1.90. The molecule has 0 unspecified atom stereocenters. The summed E-state index contributed by atoms with van der Waals surface area (Å²) in [5.41, 5.74) is 9.25. The molecule has 120 valence electrons. The van der Waals surface area contributed by atoms with E-state index in [9.17, 15) is 4.39 Å². The molecule has 0 spiro atoms. The fraction of sp³-hybridized carbons (Fsp3) is 0.125. The number of halogens is 1. The van der Waals surface area contributed by atoms with E-state index in [1.807, 2.05) is 0 Å². The first-order valence-corrected chi connectivity index (χ1v) is 7.13. The minimum Gasteiger partial charge on any atom is -0.493 e. The lowest BCUT2D eigenvalue weighted by atomic mass is 10.2. The average molecular weight is 333 g/mol. The van der Waals surface area contributed by atoms with Gasteiger partial charge in [0.05, 0.1) is 13.3 Å². The maximum absolute atomic E-state index is 13.2. The molecule has 0 aromatic heterocycles. The molecule has 0 saturated heterocycles. The van der Waals surface area contributed by atoms with Crippen LogP contribution in [0.5, 0.6) is 11.5 Å². The van der Waals surface area contributed by atoms with Crippen molar-refractivity contribution in [3.63, 3.8) is 0 Å². The molecule has 0 saturated carbocycles. The van der Waals surface area contributed by atoms with Crippen LogP contribution in [0.4, 0.5) is 4.39 Å². The van der Waals surface area contributed by atoms with Crippen molar-refractivity contribution in [3.05, 3.63) is 59.4 Å². The maximum atomic E-state index is 13.2. The molecule has 0 fully saturated rings. The molecule has 0 aliphatic heterocycles. The number of hydrazone groups is 1. The second kappa shape index (κ2) is 8.09. The largest absolute Gasteiger partial charge is 0.493 e. The van der Waals surface area contributed by atoms with Crippen LogP contribution in [0.25, 0.3) is 0 Å². The molecule has 7 heteroatoms. The van der Waals surface area contributed by atoms with Gasteiger partial charge in [-0.1, -0.05) is 12.1 Å². The molecular formula is C16H16FN3O2S. The van der Waals surface area contributed by atoms with Gasteiger partial charge in [-0.3, -0.25) is 5.43 Å². The lowest BCUT2D eigenvalue weighted by molar-refractivity contribution is 0.284. The van der Waals surface area contributed by atoms with E-state index < -0.39 is 0 Å². The average Bonchev–Trinajstić information content (AvgIpc) is 2.53. The smallest absolute Gasteiger partial charge is 0.184 e. The van der Waals surface area contributed by atoms with Gasteiger partial charge < -0.3 is 15.2 Å². The predicted octanol–water partition coefficient (Wildman–Crippen LogP) is 2.58. The Morgan fingerprint density at radius 2 is 2.13 bits per heavy atom. The minimum atomic E-state index is -0.303. The highest BCUT2D eigenvalue weighted by molar-refractivity contribution is 7.80. The Kier molecular flexibility index (Phi) is 5.87. The highest BCUT2D eigenvalue weighted by Gasteiger charge is 2.06. The molecule has 2 aromatic rings. The number of rotatable bonds is 6. The summed E-state index contributed by atoms with van der Waals surface area (Å²) in [5.74, 6) is 0.791. The normalized spacial score (nSPS) is 10.5. The second-order valence-corrected chi connectivity index (χ2v) is 5.00. The van der Waals surface area contributed by atoms with Gasteiger partial charge in [0.2, 0.25) is 0 Å². The molecule has 0 amide bonds. The first-order chi connectivity index (χ1) is 11.1. The fourth-order valence-electron chi connectivity index (χ4n) is 1.84. The van der Waals surface area contributed by atoms with Crippen molar-refractivity contribution in [1.29, 1.82) is 0 Å². The Bertz CT molecular complexity index is 722. The van der Waals surface area contributed by atoms with Crippen molar-refractivity contribution in [2.75, 3.05) is 7.11 Å². The molecule has 2 aromatic carbocycles. The van der Waals surface area contributed by atoms with Gasteiger partial charge in [0.25, 0.3) is 0 Å². The topological polar surface area (TPSA) is 68.9 Å². The number of benzene rings is 2. The van der Waals surface area contributed by atoms with Gasteiger partial charge in [0.15, 0.2) is 16.6 Å². The summed E-state index contributed by atoms with van der Waals surface area (Å²) in [4.78, 5) is 0. The molecule has 5 nitrogen and oxygen atoms in total. The highest BCUT2D eigenvalue weighted by atomic mass is 32.1. The van der Waals surface area contributed by atoms with Gasteiger partial charge >= 0.3 is 0 Å². The van der Waals surface area contributed by atoms with Crippen LogP contribution in [0.2, 0.25) is 0 Å². The number of thiocarbonyl (C=S) groups is 1. The Labute approximate surface area is 138 Å². The van der Waals surface area contributed by atoms with Crippen LogP contribution in [0.3, 0.4) is 0 Å². The Morgan fingerprint density at radius 1 is 1.30 bits per heavy atom. The van der Waals surface area contributed by atoms with Crippen molar-refractivity contribution < 1.29 is 13.9 Å². The number of nitrogens with zero attached hydrogens (tertiary/aromatic N) is 1. The first-order valence-electron chi connectivity index (χ1n) is 6.72. The van der Waals surface area contributed by atoms with Crippen LogP contribution in [0, 0.1) is 5.82 Å². The lowest BCUT2D eigenvalue weighted by Gasteiger charge is -2.11. The molecule has 0 aliphatic rings. The molecule has 2 rings (SSSR count). The predicted molar refractivity (Wildman–Crippen MR) is 91.2 cm³/mol. The molecule has 0 aliphatic carbocycles. The van der Waals surface area contributed by atoms with Crippen molar-refractivity contribution in [3.8, 4) is 11.5 Å². The molecule has 3 N–H and O–H groups in total. The zero-order valence-electron chi connectivity index (χ0n) is 12.5. The van der Waals surface area contributed by atoms with E-state index >= 15 is 0 Å². The van der Waals surface area contributed by atoms with E-state index in [1.54, 1.807) is 43.7 Å². The maximum Gasteiger partial charge on any atom is 0.184 e. The zero-order valence-corrected chi connectivity index (χ0v) is 13.3. The molecule has 0 heterocycles. The molecule has 23 heavy (non-hydrogen) atoms. The van der Waals surface area contributed by atoms with E-state index in [0.29, 0.717) is 11.5 Å². The van der Waals surface area contributed by atoms with E-state index in [4.69, 9.17) is 15.2 Å². The SMILES string of the molecule is COc1ccc(C=NNC(N)=S)cc1OCc1cccc(F)c1. The molecule has 0 bridgehead atoms. The summed E-state index contributed by atoms with van der Waals surface area (Å²) in [7, 11) is 1.55. The Morgan fingerprint density at radius 3 is 2.83 bits per heavy atom. The number of methoxy groups -OCH3 is 1. The number of ether oxygens (including phenoxy) is 2. The van der Waals surface area contributed by atoms with Gasteiger partial charge in [0.1, 0.15) is 12.4 Å². The van der Waals surface area contributed by atoms with Crippen LogP contribution >= 0.6 is 12.2 Å². The molecule has 0 radical (unpaired) electrons. The van der Waals surface area contributed by atoms with Gasteiger partial charge in [-0.15, -0.1) is 0 Å².